The zero-order valence-electron chi connectivity index (χ0n) is 17.4. The van der Waals surface area contributed by atoms with Crippen LogP contribution in [0.4, 0.5) is 0 Å². The molecule has 31 heavy (non-hydrogen) atoms. The first-order valence-corrected chi connectivity index (χ1v) is 11.5. The van der Waals surface area contributed by atoms with Crippen molar-refractivity contribution in [2.45, 2.75) is 33.3 Å². The van der Waals surface area contributed by atoms with E-state index in [0.29, 0.717) is 16.8 Å². The van der Waals surface area contributed by atoms with Crippen molar-refractivity contribution in [2.24, 2.45) is 0 Å². The van der Waals surface area contributed by atoms with E-state index in [-0.39, 0.29) is 12.4 Å². The maximum atomic E-state index is 13.3. The number of aromatic nitrogens is 1. The molecule has 1 unspecified atom stereocenters. The number of dihydropyridines is 1. The van der Waals surface area contributed by atoms with Crippen LogP contribution in [0.1, 0.15) is 37.8 Å². The van der Waals surface area contributed by atoms with Crippen LogP contribution in [0, 0.1) is 0 Å². The summed E-state index contributed by atoms with van der Waals surface area (Å²) in [5.74, 6) is -1.00. The molecule has 0 aliphatic carbocycles. The van der Waals surface area contributed by atoms with Crippen LogP contribution >= 0.6 is 27.3 Å². The van der Waals surface area contributed by atoms with E-state index in [2.05, 4.69) is 26.2 Å². The summed E-state index contributed by atoms with van der Waals surface area (Å²) in [7, 11) is 0. The first-order chi connectivity index (χ1) is 14.9. The maximum Gasteiger partial charge on any atom is 0.337 e. The van der Waals surface area contributed by atoms with Gasteiger partial charge >= 0.3 is 5.97 Å². The monoisotopic (exact) mass is 496 g/mol. The fraction of sp³-hybridized carbons (Fsp3) is 0.208. The van der Waals surface area contributed by atoms with E-state index >= 15 is 0 Å². The van der Waals surface area contributed by atoms with Crippen molar-refractivity contribution in [1.82, 2.24) is 10.3 Å². The minimum absolute atomic E-state index is 0.0729. The summed E-state index contributed by atoms with van der Waals surface area (Å²) in [6.45, 7) is 5.40. The molecular weight excluding hydrogens is 476 g/mol. The molecule has 0 saturated carbocycles. The van der Waals surface area contributed by atoms with Crippen molar-refractivity contribution in [3.63, 3.8) is 0 Å². The smallest absolute Gasteiger partial charge is 0.337 e. The molecule has 0 spiro atoms. The molecule has 158 valence electrons. The van der Waals surface area contributed by atoms with E-state index in [9.17, 15) is 9.59 Å². The second-order valence-electron chi connectivity index (χ2n) is 7.43. The number of halogens is 1. The lowest BCUT2D eigenvalue weighted by Crippen LogP contribution is -2.31. The number of nitrogens with zero attached hydrogens (tertiary/aromatic N) is 1. The van der Waals surface area contributed by atoms with Crippen LogP contribution in [-0.4, -0.2) is 16.7 Å². The number of thiophene rings is 1. The first kappa shape index (κ1) is 21.5. The van der Waals surface area contributed by atoms with Gasteiger partial charge in [0.1, 0.15) is 6.61 Å². The predicted octanol–water partition coefficient (Wildman–Crippen LogP) is 5.63. The molecule has 0 amide bonds. The Morgan fingerprint density at radius 3 is 2.55 bits per heavy atom. The molecule has 0 saturated heterocycles. The highest BCUT2D eigenvalue weighted by molar-refractivity contribution is 9.10. The largest absolute Gasteiger partial charge is 0.457 e. The number of carbonyl (C=O) groups is 2. The Labute approximate surface area is 193 Å². The fourth-order valence-corrected chi connectivity index (χ4v) is 5.66. The van der Waals surface area contributed by atoms with Crippen molar-refractivity contribution in [1.29, 1.82) is 0 Å². The Balaban J connectivity index is 1.80. The zero-order chi connectivity index (χ0) is 22.1. The van der Waals surface area contributed by atoms with Crippen molar-refractivity contribution < 1.29 is 14.3 Å². The van der Waals surface area contributed by atoms with Crippen LogP contribution in [0.5, 0.6) is 0 Å². The summed E-state index contributed by atoms with van der Waals surface area (Å²) in [5.41, 5.74) is 4.29. The Bertz CT molecular complexity index is 1240. The standard InChI is InChI=1S/C24H21BrN2O3S/c1-13-20(15(3)28)22(18-12-31-23-17(18)5-4-6-19(23)25)21(14(2)27-13)24(29)30-11-16-7-9-26-10-8-16/h4-10,12,22,27H,11H2,1-3H3. The van der Waals surface area contributed by atoms with E-state index in [1.807, 2.05) is 37.4 Å². The average molecular weight is 497 g/mol. The summed E-state index contributed by atoms with van der Waals surface area (Å²) in [5, 5.41) is 6.26. The number of nitrogens with one attached hydrogen (secondary N) is 1. The molecular formula is C24H21BrN2O3S. The van der Waals surface area contributed by atoms with Gasteiger partial charge in [0.2, 0.25) is 0 Å². The van der Waals surface area contributed by atoms with Gasteiger partial charge in [-0.25, -0.2) is 4.79 Å². The normalized spacial score (nSPS) is 16.5. The first-order valence-electron chi connectivity index (χ1n) is 9.79. The topological polar surface area (TPSA) is 68.3 Å². The molecule has 5 nitrogen and oxygen atoms in total. The van der Waals surface area contributed by atoms with Crippen molar-refractivity contribution in [3.8, 4) is 0 Å². The van der Waals surface area contributed by atoms with E-state index in [0.717, 1.165) is 31.4 Å². The van der Waals surface area contributed by atoms with Gasteiger partial charge in [0.15, 0.2) is 5.78 Å². The molecule has 1 aliphatic rings. The minimum atomic E-state index is -0.494. The number of rotatable bonds is 5. The van der Waals surface area contributed by atoms with E-state index in [4.69, 9.17) is 4.74 Å². The lowest BCUT2D eigenvalue weighted by molar-refractivity contribution is -0.140. The molecule has 1 aliphatic heterocycles. The Morgan fingerprint density at radius 1 is 1.13 bits per heavy atom. The average Bonchev–Trinajstić information content (AvgIpc) is 3.17. The van der Waals surface area contributed by atoms with Gasteiger partial charge in [-0.15, -0.1) is 11.3 Å². The van der Waals surface area contributed by atoms with Crippen molar-refractivity contribution in [2.75, 3.05) is 0 Å². The molecule has 0 radical (unpaired) electrons. The Kier molecular flexibility index (Phi) is 6.07. The molecule has 3 heterocycles. The zero-order valence-corrected chi connectivity index (χ0v) is 19.8. The summed E-state index contributed by atoms with van der Waals surface area (Å²) >= 11 is 5.20. The third-order valence-corrected chi connectivity index (χ3v) is 7.34. The SMILES string of the molecule is CC(=O)C1=C(C)NC(C)=C(C(=O)OCc2ccncc2)C1c1csc2c(Br)cccc12. The number of carbonyl (C=O) groups excluding carboxylic acids is 2. The molecule has 1 N–H and O–H groups in total. The van der Waals surface area contributed by atoms with Crippen molar-refractivity contribution in [3.05, 3.63) is 86.2 Å². The molecule has 1 aromatic carbocycles. The van der Waals surface area contributed by atoms with Gasteiger partial charge in [-0.3, -0.25) is 9.78 Å². The molecule has 7 heteroatoms. The number of pyridine rings is 1. The third-order valence-electron chi connectivity index (χ3n) is 5.37. The van der Waals surface area contributed by atoms with Gasteiger partial charge in [-0.1, -0.05) is 12.1 Å². The van der Waals surface area contributed by atoms with Gasteiger partial charge in [-0.05, 0) is 76.8 Å². The second kappa shape index (κ2) is 8.77. The Hall–Kier alpha value is -2.77. The number of hydrogen-bond acceptors (Lipinski definition) is 6. The highest BCUT2D eigenvalue weighted by Crippen LogP contribution is 2.45. The molecule has 0 bridgehead atoms. The molecule has 4 rings (SSSR count). The number of allylic oxidation sites excluding steroid dienone is 3. The van der Waals surface area contributed by atoms with E-state index < -0.39 is 11.9 Å². The highest BCUT2D eigenvalue weighted by atomic mass is 79.9. The van der Waals surface area contributed by atoms with E-state index in [1.54, 1.807) is 42.8 Å². The number of hydrogen-bond donors (Lipinski definition) is 1. The van der Waals surface area contributed by atoms with Crippen LogP contribution in [-0.2, 0) is 20.9 Å². The number of Topliss-reactive ketones (excluding diaryl/α,β-unsaturated/α-hetero) is 1. The fourth-order valence-electron chi connectivity index (χ4n) is 4.01. The number of benzene rings is 1. The summed E-state index contributed by atoms with van der Waals surface area (Å²) in [6, 6.07) is 9.59. The second-order valence-corrected chi connectivity index (χ2v) is 9.16. The number of ether oxygens (including phenoxy) is 1. The van der Waals surface area contributed by atoms with Gasteiger partial charge in [0.05, 0.1) is 5.57 Å². The molecule has 0 fully saturated rings. The van der Waals surface area contributed by atoms with Gasteiger partial charge in [0.25, 0.3) is 0 Å². The third kappa shape index (κ3) is 4.07. The van der Waals surface area contributed by atoms with Crippen LogP contribution in [0.2, 0.25) is 0 Å². The number of esters is 1. The van der Waals surface area contributed by atoms with Crippen LogP contribution in [0.15, 0.2) is 75.1 Å². The van der Waals surface area contributed by atoms with E-state index in [1.165, 1.54) is 0 Å². The van der Waals surface area contributed by atoms with Gasteiger partial charge in [0, 0.05) is 44.5 Å². The van der Waals surface area contributed by atoms with Gasteiger partial charge in [-0.2, -0.15) is 0 Å². The van der Waals surface area contributed by atoms with Crippen molar-refractivity contribution >= 4 is 49.1 Å². The van der Waals surface area contributed by atoms with Gasteiger partial charge < -0.3 is 10.1 Å². The minimum Gasteiger partial charge on any atom is -0.457 e. The lowest BCUT2D eigenvalue weighted by atomic mass is 9.79. The highest BCUT2D eigenvalue weighted by Gasteiger charge is 2.37. The maximum absolute atomic E-state index is 13.3. The van der Waals surface area contributed by atoms with Crippen LogP contribution < -0.4 is 5.32 Å². The number of ketones is 1. The summed E-state index contributed by atoms with van der Waals surface area (Å²) in [6.07, 6.45) is 3.32. The summed E-state index contributed by atoms with van der Waals surface area (Å²) < 4.78 is 7.73. The Morgan fingerprint density at radius 2 is 1.84 bits per heavy atom. The lowest BCUT2D eigenvalue weighted by Gasteiger charge is -2.30. The van der Waals surface area contributed by atoms with Crippen LogP contribution in [0.3, 0.4) is 0 Å². The van der Waals surface area contributed by atoms with Crippen LogP contribution in [0.25, 0.3) is 10.1 Å². The molecule has 2 aromatic heterocycles. The quantitative estimate of drug-likeness (QED) is 0.463. The molecule has 1 atom stereocenters. The molecule has 3 aromatic rings. The summed E-state index contributed by atoms with van der Waals surface area (Å²) in [4.78, 5) is 30.0. The number of fused-ring (bicyclic) bond motifs is 1. The predicted molar refractivity (Wildman–Crippen MR) is 126 cm³/mol.